The van der Waals surface area contributed by atoms with E-state index >= 15 is 0 Å². The molecule has 1 rings (SSSR count). The molecule has 0 fully saturated rings. The number of benzene rings is 1. The topological polar surface area (TPSA) is 54.5 Å². The molecule has 0 saturated heterocycles. The van der Waals surface area contributed by atoms with E-state index < -0.39 is 10.0 Å². The van der Waals surface area contributed by atoms with Crippen molar-refractivity contribution in [3.05, 3.63) is 29.8 Å². The lowest BCUT2D eigenvalue weighted by molar-refractivity contribution is 0.0988. The predicted octanol–water partition coefficient (Wildman–Crippen LogP) is 2.26. The van der Waals surface area contributed by atoms with Crippen LogP contribution in [0.3, 0.4) is 0 Å². The van der Waals surface area contributed by atoms with Crippen molar-refractivity contribution >= 4 is 27.6 Å². The summed E-state index contributed by atoms with van der Waals surface area (Å²) in [6.07, 6.45) is 2.30. The average Bonchev–Trinajstić information content (AvgIpc) is 2.43. The lowest BCUT2D eigenvalue weighted by atomic mass is 10.1. The molecule has 106 valence electrons. The normalized spacial score (nSPS) is 11.8. The van der Waals surface area contributed by atoms with Gasteiger partial charge in [0.1, 0.15) is 0 Å². The average molecular weight is 301 g/mol. The van der Waals surface area contributed by atoms with E-state index in [1.165, 1.54) is 16.4 Å². The minimum atomic E-state index is -3.51. The molecule has 0 N–H and O–H groups in total. The Morgan fingerprint density at radius 2 is 2.05 bits per heavy atom. The third-order valence-corrected chi connectivity index (χ3v) is 5.24. The molecule has 0 heterocycles. The van der Waals surface area contributed by atoms with Gasteiger partial charge in [0.05, 0.1) is 4.90 Å². The number of Topliss-reactive ketones (excluding diaryl/α,β-unsaturated/α-hetero) is 1. The molecule has 6 heteroatoms. The van der Waals surface area contributed by atoms with Crippen LogP contribution in [0.2, 0.25) is 0 Å². The Balaban J connectivity index is 3.04. The van der Waals surface area contributed by atoms with Gasteiger partial charge in [-0.2, -0.15) is 11.8 Å². The molecule has 0 aliphatic rings. The minimum Gasteiger partial charge on any atom is -0.294 e. The fraction of sp³-hybridized carbons (Fsp3) is 0.462. The van der Waals surface area contributed by atoms with Crippen LogP contribution in [0.1, 0.15) is 23.7 Å². The summed E-state index contributed by atoms with van der Waals surface area (Å²) in [5.74, 6) is 0.687. The number of nitrogens with zero attached hydrogens (tertiary/aromatic N) is 1. The highest BCUT2D eigenvalue weighted by molar-refractivity contribution is 7.98. The van der Waals surface area contributed by atoms with Crippen LogP contribution in [0.4, 0.5) is 0 Å². The van der Waals surface area contributed by atoms with E-state index in [4.69, 9.17) is 0 Å². The zero-order valence-electron chi connectivity index (χ0n) is 11.4. The summed E-state index contributed by atoms with van der Waals surface area (Å²) in [4.78, 5) is 11.8. The molecule has 1 aromatic rings. The Bertz CT molecular complexity index is 541. The van der Waals surface area contributed by atoms with Crippen molar-refractivity contribution in [3.63, 3.8) is 0 Å². The largest absolute Gasteiger partial charge is 0.294 e. The van der Waals surface area contributed by atoms with Crippen molar-refractivity contribution in [2.75, 3.05) is 25.6 Å². The van der Waals surface area contributed by atoms with Crippen LogP contribution >= 0.6 is 11.8 Å². The summed E-state index contributed by atoms with van der Waals surface area (Å²) in [6.45, 7) is 2.21. The van der Waals surface area contributed by atoms with Crippen molar-refractivity contribution in [1.29, 1.82) is 0 Å². The quantitative estimate of drug-likeness (QED) is 0.725. The second-order valence-corrected chi connectivity index (χ2v) is 7.15. The van der Waals surface area contributed by atoms with Crippen LogP contribution in [0.5, 0.6) is 0 Å². The highest BCUT2D eigenvalue weighted by atomic mass is 32.2. The maximum absolute atomic E-state index is 12.3. The van der Waals surface area contributed by atoms with Gasteiger partial charge in [-0.1, -0.05) is 19.1 Å². The highest BCUT2D eigenvalue weighted by Crippen LogP contribution is 2.17. The third-order valence-electron chi connectivity index (χ3n) is 2.80. The van der Waals surface area contributed by atoms with Crippen molar-refractivity contribution in [2.45, 2.75) is 18.2 Å². The molecule has 0 bridgehead atoms. The van der Waals surface area contributed by atoms with Gasteiger partial charge >= 0.3 is 0 Å². The van der Waals surface area contributed by atoms with Gasteiger partial charge < -0.3 is 0 Å². The second kappa shape index (κ2) is 7.07. The second-order valence-electron chi connectivity index (χ2n) is 4.12. The van der Waals surface area contributed by atoms with Crippen LogP contribution in [-0.4, -0.2) is 44.1 Å². The molecule has 0 atom stereocenters. The molecule has 0 aliphatic heterocycles. The number of carbonyl (C=O) groups excluding carboxylic acids is 1. The number of hydrogen-bond acceptors (Lipinski definition) is 4. The highest BCUT2D eigenvalue weighted by Gasteiger charge is 2.21. The van der Waals surface area contributed by atoms with E-state index in [0.717, 1.165) is 5.75 Å². The number of rotatable bonds is 7. The van der Waals surface area contributed by atoms with Crippen molar-refractivity contribution < 1.29 is 13.2 Å². The summed E-state index contributed by atoms with van der Waals surface area (Å²) >= 11 is 1.59. The van der Waals surface area contributed by atoms with Crippen LogP contribution < -0.4 is 0 Å². The zero-order chi connectivity index (χ0) is 14.5. The van der Waals surface area contributed by atoms with Gasteiger partial charge in [-0.25, -0.2) is 12.7 Å². The molecule has 0 spiro atoms. The van der Waals surface area contributed by atoms with Crippen LogP contribution in [0.25, 0.3) is 0 Å². The smallest absolute Gasteiger partial charge is 0.242 e. The lowest BCUT2D eigenvalue weighted by Gasteiger charge is -2.16. The van der Waals surface area contributed by atoms with E-state index in [1.54, 1.807) is 37.9 Å². The first-order valence-corrected chi connectivity index (χ1v) is 8.85. The van der Waals surface area contributed by atoms with Gasteiger partial charge in [0, 0.05) is 31.3 Å². The zero-order valence-corrected chi connectivity index (χ0v) is 13.1. The molecule has 19 heavy (non-hydrogen) atoms. The summed E-state index contributed by atoms with van der Waals surface area (Å²) in [7, 11) is -1.95. The predicted molar refractivity (Wildman–Crippen MR) is 79.3 cm³/mol. The Morgan fingerprint density at radius 1 is 1.37 bits per heavy atom. The Morgan fingerprint density at radius 3 is 2.63 bits per heavy atom. The molecule has 4 nitrogen and oxygen atoms in total. The first-order chi connectivity index (χ1) is 8.93. The molecular weight excluding hydrogens is 282 g/mol. The molecule has 0 aliphatic carbocycles. The first-order valence-electron chi connectivity index (χ1n) is 6.02. The minimum absolute atomic E-state index is 0.0520. The van der Waals surface area contributed by atoms with E-state index in [-0.39, 0.29) is 10.7 Å². The van der Waals surface area contributed by atoms with Gasteiger partial charge in [-0.05, 0) is 18.4 Å². The first kappa shape index (κ1) is 16.2. The molecular formula is C13H19NO3S2. The van der Waals surface area contributed by atoms with E-state index in [1.807, 2.05) is 6.26 Å². The third kappa shape index (κ3) is 4.06. The van der Waals surface area contributed by atoms with Crippen molar-refractivity contribution in [2.24, 2.45) is 0 Å². The number of ketones is 1. The van der Waals surface area contributed by atoms with Crippen LogP contribution in [0, 0.1) is 0 Å². The number of thioether (sulfide) groups is 1. The van der Waals surface area contributed by atoms with Crippen molar-refractivity contribution in [1.82, 2.24) is 4.31 Å². The molecule has 0 saturated carbocycles. The summed E-state index contributed by atoms with van der Waals surface area (Å²) < 4.78 is 25.9. The van der Waals surface area contributed by atoms with Gasteiger partial charge in [-0.3, -0.25) is 4.79 Å². The standard InChI is InChI=1S/C13H19NO3S2/c1-4-13(15)11-6-5-7-12(10-11)19(16,17)14(2)8-9-18-3/h5-7,10H,4,8-9H2,1-3H3. The van der Waals surface area contributed by atoms with E-state index in [0.29, 0.717) is 18.5 Å². The van der Waals surface area contributed by atoms with Gasteiger partial charge in [0.25, 0.3) is 0 Å². The maximum Gasteiger partial charge on any atom is 0.242 e. The number of hydrogen-bond donors (Lipinski definition) is 0. The van der Waals surface area contributed by atoms with Crippen molar-refractivity contribution in [3.8, 4) is 0 Å². The molecule has 1 aromatic carbocycles. The van der Waals surface area contributed by atoms with E-state index in [2.05, 4.69) is 0 Å². The van der Waals surface area contributed by atoms with Gasteiger partial charge in [-0.15, -0.1) is 0 Å². The fourth-order valence-corrected chi connectivity index (χ4v) is 3.34. The Kier molecular flexibility index (Phi) is 6.03. The summed E-state index contributed by atoms with van der Waals surface area (Å²) in [5, 5.41) is 0. The summed E-state index contributed by atoms with van der Waals surface area (Å²) in [5.41, 5.74) is 0.446. The maximum atomic E-state index is 12.3. The van der Waals surface area contributed by atoms with E-state index in [9.17, 15) is 13.2 Å². The molecule has 0 aromatic heterocycles. The molecule has 0 unspecified atom stereocenters. The molecule has 0 amide bonds. The lowest BCUT2D eigenvalue weighted by Crippen LogP contribution is -2.29. The van der Waals surface area contributed by atoms with Gasteiger partial charge in [0.2, 0.25) is 10.0 Å². The van der Waals surface area contributed by atoms with Crippen LogP contribution in [-0.2, 0) is 10.0 Å². The fourth-order valence-electron chi connectivity index (χ4n) is 1.55. The Hall–Kier alpha value is -0.850. The number of carbonyl (C=O) groups is 1. The summed E-state index contributed by atoms with van der Waals surface area (Å²) in [6, 6.07) is 6.24. The van der Waals surface area contributed by atoms with Crippen LogP contribution in [0.15, 0.2) is 29.2 Å². The molecule has 0 radical (unpaired) electrons. The number of sulfonamides is 1. The Labute approximate surface area is 119 Å². The SMILES string of the molecule is CCC(=O)c1cccc(S(=O)(=O)N(C)CCSC)c1. The van der Waals surface area contributed by atoms with Gasteiger partial charge in [0.15, 0.2) is 5.78 Å². The monoisotopic (exact) mass is 301 g/mol.